The summed E-state index contributed by atoms with van der Waals surface area (Å²) in [5.74, 6) is 0.672. The van der Waals surface area contributed by atoms with Gasteiger partial charge in [-0.2, -0.15) is 5.10 Å². The number of H-pyrrole nitrogens is 1. The van der Waals surface area contributed by atoms with Gasteiger partial charge in [0.05, 0.1) is 11.7 Å². The lowest BCUT2D eigenvalue weighted by Gasteiger charge is -2.44. The Morgan fingerprint density at radius 3 is 2.52 bits per heavy atom. The lowest BCUT2D eigenvalue weighted by molar-refractivity contribution is 0.0704. The van der Waals surface area contributed by atoms with Crippen molar-refractivity contribution in [3.63, 3.8) is 0 Å². The number of pyridine rings is 1. The molecule has 1 fully saturated rings. The molecule has 0 saturated carbocycles. The molecular formula is C18H23N5O2. The molecule has 7 nitrogen and oxygen atoms in total. The smallest absolute Gasteiger partial charge is 0.254 e. The van der Waals surface area contributed by atoms with Gasteiger partial charge in [-0.05, 0) is 18.2 Å². The highest BCUT2D eigenvalue weighted by molar-refractivity contribution is 5.94. The lowest BCUT2D eigenvalue weighted by Crippen LogP contribution is -2.60. The van der Waals surface area contributed by atoms with Crippen LogP contribution in [0.15, 0.2) is 35.3 Å². The Hall–Kier alpha value is -2.70. The minimum absolute atomic E-state index is 0.0246. The van der Waals surface area contributed by atoms with E-state index < -0.39 is 0 Å². The van der Waals surface area contributed by atoms with Crippen LogP contribution in [0.5, 0.6) is 0 Å². The summed E-state index contributed by atoms with van der Waals surface area (Å²) in [5, 5.41) is 8.61. The van der Waals surface area contributed by atoms with Crippen LogP contribution in [0, 0.1) is 0 Å². The normalized spacial score (nSPS) is 15.0. The number of nitrogens with zero attached hydrogens (tertiary/aromatic N) is 4. The summed E-state index contributed by atoms with van der Waals surface area (Å²) in [6.07, 6.45) is 1.49. The van der Waals surface area contributed by atoms with Gasteiger partial charge in [0.15, 0.2) is 5.82 Å². The fourth-order valence-corrected chi connectivity index (χ4v) is 2.73. The summed E-state index contributed by atoms with van der Waals surface area (Å²) in [6.45, 7) is 7.71. The van der Waals surface area contributed by atoms with Gasteiger partial charge >= 0.3 is 0 Å². The zero-order valence-electron chi connectivity index (χ0n) is 15.0. The molecule has 2 aromatic heterocycles. The third kappa shape index (κ3) is 3.55. The number of rotatable bonds is 3. The number of aromatic nitrogens is 3. The number of anilines is 1. The highest BCUT2D eigenvalue weighted by Crippen LogP contribution is 2.24. The average molecular weight is 341 g/mol. The maximum Gasteiger partial charge on any atom is 0.254 e. The number of amides is 1. The van der Waals surface area contributed by atoms with Crippen molar-refractivity contribution in [2.24, 2.45) is 0 Å². The fourth-order valence-electron chi connectivity index (χ4n) is 2.73. The van der Waals surface area contributed by atoms with Gasteiger partial charge in [-0.15, -0.1) is 5.10 Å². The van der Waals surface area contributed by atoms with Crippen molar-refractivity contribution in [2.45, 2.75) is 32.2 Å². The summed E-state index contributed by atoms with van der Waals surface area (Å²) >= 11 is 0. The van der Waals surface area contributed by atoms with E-state index in [0.29, 0.717) is 18.7 Å². The van der Waals surface area contributed by atoms with Crippen LogP contribution in [-0.2, 0) is 5.41 Å². The molecule has 0 aromatic carbocycles. The molecule has 0 atom stereocenters. The van der Waals surface area contributed by atoms with Crippen molar-refractivity contribution in [3.05, 3.63) is 52.1 Å². The van der Waals surface area contributed by atoms with Gasteiger partial charge in [0.1, 0.15) is 0 Å². The number of carbonyl (C=O) groups is 1. The highest BCUT2D eigenvalue weighted by atomic mass is 16.2. The minimum Gasteiger partial charge on any atom is -0.351 e. The predicted molar refractivity (Wildman–Crippen MR) is 95.9 cm³/mol. The molecular weight excluding hydrogens is 318 g/mol. The molecule has 0 unspecified atom stereocenters. The summed E-state index contributed by atoms with van der Waals surface area (Å²) in [4.78, 5) is 30.1. The maximum atomic E-state index is 12.5. The van der Waals surface area contributed by atoms with E-state index in [0.717, 1.165) is 11.5 Å². The van der Waals surface area contributed by atoms with Gasteiger partial charge in [0.2, 0.25) is 5.56 Å². The number of carbonyl (C=O) groups excluding carboxylic acids is 1. The first-order chi connectivity index (χ1) is 11.8. The van der Waals surface area contributed by atoms with Crippen molar-refractivity contribution in [1.82, 2.24) is 20.1 Å². The molecule has 0 radical (unpaired) electrons. The van der Waals surface area contributed by atoms with Crippen molar-refractivity contribution in [3.8, 4) is 0 Å². The molecule has 1 aliphatic heterocycles. The monoisotopic (exact) mass is 341 g/mol. The van der Waals surface area contributed by atoms with Crippen molar-refractivity contribution in [2.75, 3.05) is 25.0 Å². The lowest BCUT2D eigenvalue weighted by atomic mass is 9.92. The van der Waals surface area contributed by atoms with Crippen LogP contribution in [0.4, 0.5) is 5.82 Å². The van der Waals surface area contributed by atoms with Crippen LogP contribution in [-0.4, -0.2) is 52.2 Å². The Labute approximate surface area is 146 Å². The molecule has 132 valence electrons. The molecule has 1 saturated heterocycles. The largest absolute Gasteiger partial charge is 0.351 e. The zero-order chi connectivity index (χ0) is 18.2. The average Bonchev–Trinajstić information content (AvgIpc) is 2.52. The maximum absolute atomic E-state index is 12.5. The van der Waals surface area contributed by atoms with E-state index in [2.05, 4.69) is 40.9 Å². The Bertz CT molecular complexity index is 816. The highest BCUT2D eigenvalue weighted by Gasteiger charge is 2.34. The van der Waals surface area contributed by atoms with Crippen LogP contribution in [0.2, 0.25) is 0 Å². The Morgan fingerprint density at radius 1 is 1.24 bits per heavy atom. The molecule has 25 heavy (non-hydrogen) atoms. The number of likely N-dealkylation sites (N-methyl/N-ethyl adjacent to an activating group) is 1. The minimum atomic E-state index is -0.274. The third-order valence-corrected chi connectivity index (χ3v) is 4.50. The van der Waals surface area contributed by atoms with Crippen molar-refractivity contribution in [1.29, 1.82) is 0 Å². The second-order valence-corrected chi connectivity index (χ2v) is 7.44. The second kappa shape index (κ2) is 6.31. The topological polar surface area (TPSA) is 82.2 Å². The predicted octanol–water partition coefficient (Wildman–Crippen LogP) is 1.42. The van der Waals surface area contributed by atoms with E-state index in [1.165, 1.54) is 12.3 Å². The van der Waals surface area contributed by atoms with Gasteiger partial charge in [-0.1, -0.05) is 20.8 Å². The SMILES string of the molecule is CN(C(=O)c1cc[nH]c(=O)c1)C1CN(c2ccc(C(C)(C)C)nn2)C1. The molecule has 1 aliphatic rings. The standard InChI is InChI=1S/C18H23N5O2/c1-18(2,3)14-5-6-15(21-20-14)23-10-13(11-23)22(4)17(25)12-7-8-19-16(24)9-12/h5-9,13H,10-11H2,1-4H3,(H,19,24). The number of aromatic amines is 1. The van der Waals surface area contributed by atoms with Gasteiger partial charge in [-0.25, -0.2) is 0 Å². The summed E-state index contributed by atoms with van der Waals surface area (Å²) in [6, 6.07) is 7.01. The van der Waals surface area contributed by atoms with Gasteiger partial charge in [0, 0.05) is 43.4 Å². The van der Waals surface area contributed by atoms with E-state index in [1.54, 1.807) is 18.0 Å². The first-order valence-electron chi connectivity index (χ1n) is 8.31. The van der Waals surface area contributed by atoms with Crippen LogP contribution < -0.4 is 10.5 Å². The van der Waals surface area contributed by atoms with Crippen molar-refractivity contribution < 1.29 is 4.79 Å². The number of nitrogens with one attached hydrogen (secondary N) is 1. The van der Waals surface area contributed by atoms with Crippen molar-refractivity contribution >= 4 is 11.7 Å². The summed E-state index contributed by atoms with van der Waals surface area (Å²) < 4.78 is 0. The van der Waals surface area contributed by atoms with Gasteiger partial charge in [0.25, 0.3) is 5.91 Å². The van der Waals surface area contributed by atoms with E-state index in [1.807, 2.05) is 12.1 Å². The molecule has 3 heterocycles. The van der Waals surface area contributed by atoms with Gasteiger partial charge < -0.3 is 14.8 Å². The first-order valence-corrected chi connectivity index (χ1v) is 8.31. The Balaban J connectivity index is 1.62. The van der Waals surface area contributed by atoms with E-state index >= 15 is 0 Å². The fraction of sp³-hybridized carbons (Fsp3) is 0.444. The second-order valence-electron chi connectivity index (χ2n) is 7.44. The molecule has 7 heteroatoms. The zero-order valence-corrected chi connectivity index (χ0v) is 15.0. The molecule has 1 amide bonds. The number of hydrogen-bond acceptors (Lipinski definition) is 5. The Kier molecular flexibility index (Phi) is 4.32. The number of hydrogen-bond donors (Lipinski definition) is 1. The third-order valence-electron chi connectivity index (χ3n) is 4.50. The summed E-state index contributed by atoms with van der Waals surface area (Å²) in [7, 11) is 1.76. The molecule has 0 aliphatic carbocycles. The molecule has 0 bridgehead atoms. The molecule has 2 aromatic rings. The van der Waals surface area contributed by atoms with E-state index in [9.17, 15) is 9.59 Å². The quantitative estimate of drug-likeness (QED) is 0.913. The van der Waals surface area contributed by atoms with Gasteiger partial charge in [-0.3, -0.25) is 9.59 Å². The van der Waals surface area contributed by atoms with E-state index in [4.69, 9.17) is 0 Å². The summed E-state index contributed by atoms with van der Waals surface area (Å²) in [5.41, 5.74) is 1.06. The van der Waals surface area contributed by atoms with Crippen LogP contribution >= 0.6 is 0 Å². The first kappa shape index (κ1) is 17.1. The Morgan fingerprint density at radius 2 is 1.96 bits per heavy atom. The molecule has 0 spiro atoms. The van der Waals surface area contributed by atoms with E-state index in [-0.39, 0.29) is 22.9 Å². The molecule has 3 rings (SSSR count). The van der Waals surface area contributed by atoms with Crippen LogP contribution in [0.3, 0.4) is 0 Å². The molecule has 1 N–H and O–H groups in total. The van der Waals surface area contributed by atoms with Crippen LogP contribution in [0.1, 0.15) is 36.8 Å². The van der Waals surface area contributed by atoms with Crippen LogP contribution in [0.25, 0.3) is 0 Å².